The van der Waals surface area contributed by atoms with Crippen LogP contribution in [0.3, 0.4) is 0 Å². The standard InChI is InChI=1S/C18H23FN4O2/c1-23(2)17(24)13-22-18(20-10-9-16-4-3-11-25-16)21-12-14-5-7-15(19)8-6-14/h3-8,11H,9-10,12-13H2,1-2H3,(H2,20,21,22). The largest absolute Gasteiger partial charge is 0.469 e. The zero-order valence-corrected chi connectivity index (χ0v) is 14.5. The number of furan rings is 1. The molecule has 0 saturated carbocycles. The van der Waals surface area contributed by atoms with Crippen LogP contribution in [0.1, 0.15) is 11.3 Å². The summed E-state index contributed by atoms with van der Waals surface area (Å²) in [6, 6.07) is 9.91. The summed E-state index contributed by atoms with van der Waals surface area (Å²) in [7, 11) is 3.40. The summed E-state index contributed by atoms with van der Waals surface area (Å²) in [6.45, 7) is 1.13. The SMILES string of the molecule is CN(C)C(=O)CNC(=NCc1ccc(F)cc1)NCCc1ccco1. The number of likely N-dealkylation sites (N-methyl/N-ethyl adjacent to an activating group) is 1. The van der Waals surface area contributed by atoms with E-state index in [-0.39, 0.29) is 18.3 Å². The smallest absolute Gasteiger partial charge is 0.241 e. The zero-order chi connectivity index (χ0) is 18.1. The van der Waals surface area contributed by atoms with Crippen molar-refractivity contribution >= 4 is 11.9 Å². The molecule has 0 radical (unpaired) electrons. The van der Waals surface area contributed by atoms with Crippen LogP contribution in [-0.2, 0) is 17.8 Å². The number of hydrogen-bond acceptors (Lipinski definition) is 3. The van der Waals surface area contributed by atoms with E-state index in [9.17, 15) is 9.18 Å². The van der Waals surface area contributed by atoms with Gasteiger partial charge in [0.25, 0.3) is 0 Å². The van der Waals surface area contributed by atoms with Gasteiger partial charge in [-0.3, -0.25) is 4.79 Å². The second-order valence-electron chi connectivity index (χ2n) is 5.69. The molecule has 0 aliphatic carbocycles. The first kappa shape index (κ1) is 18.5. The lowest BCUT2D eigenvalue weighted by Gasteiger charge is -2.14. The van der Waals surface area contributed by atoms with Gasteiger partial charge in [-0.2, -0.15) is 0 Å². The molecule has 25 heavy (non-hydrogen) atoms. The van der Waals surface area contributed by atoms with Gasteiger partial charge in [0.2, 0.25) is 5.91 Å². The van der Waals surface area contributed by atoms with Crippen molar-refractivity contribution in [3.8, 4) is 0 Å². The van der Waals surface area contributed by atoms with Gasteiger partial charge in [0.15, 0.2) is 5.96 Å². The van der Waals surface area contributed by atoms with Crippen molar-refractivity contribution in [2.75, 3.05) is 27.2 Å². The molecule has 7 heteroatoms. The molecular weight excluding hydrogens is 323 g/mol. The van der Waals surface area contributed by atoms with Gasteiger partial charge >= 0.3 is 0 Å². The number of hydrogen-bond donors (Lipinski definition) is 2. The van der Waals surface area contributed by atoms with Gasteiger partial charge in [-0.05, 0) is 29.8 Å². The van der Waals surface area contributed by atoms with Crippen molar-refractivity contribution in [2.45, 2.75) is 13.0 Å². The Morgan fingerprint density at radius 1 is 1.20 bits per heavy atom. The predicted octanol–water partition coefficient (Wildman–Crippen LogP) is 1.78. The second kappa shape index (κ2) is 9.46. The minimum absolute atomic E-state index is 0.0534. The third-order valence-corrected chi connectivity index (χ3v) is 3.48. The molecule has 0 unspecified atom stereocenters. The van der Waals surface area contributed by atoms with Crippen molar-refractivity contribution in [3.05, 3.63) is 59.8 Å². The van der Waals surface area contributed by atoms with Gasteiger partial charge in [0, 0.05) is 27.1 Å². The van der Waals surface area contributed by atoms with Crippen LogP contribution in [0.5, 0.6) is 0 Å². The highest BCUT2D eigenvalue weighted by atomic mass is 19.1. The zero-order valence-electron chi connectivity index (χ0n) is 14.5. The highest BCUT2D eigenvalue weighted by Gasteiger charge is 2.06. The third kappa shape index (κ3) is 6.66. The molecule has 1 aromatic heterocycles. The lowest BCUT2D eigenvalue weighted by molar-refractivity contribution is -0.127. The summed E-state index contributed by atoms with van der Waals surface area (Å²) in [4.78, 5) is 17.7. The highest BCUT2D eigenvalue weighted by molar-refractivity contribution is 5.86. The van der Waals surface area contributed by atoms with Crippen molar-refractivity contribution < 1.29 is 13.6 Å². The molecule has 134 valence electrons. The lowest BCUT2D eigenvalue weighted by atomic mass is 10.2. The second-order valence-corrected chi connectivity index (χ2v) is 5.69. The molecule has 1 heterocycles. The Bertz CT molecular complexity index is 682. The predicted molar refractivity (Wildman–Crippen MR) is 94.7 cm³/mol. The molecule has 6 nitrogen and oxygen atoms in total. The Kier molecular flexibility index (Phi) is 7.00. The minimum Gasteiger partial charge on any atom is -0.469 e. The molecule has 2 aromatic rings. The number of amides is 1. The molecule has 2 N–H and O–H groups in total. The molecule has 0 saturated heterocycles. The molecule has 2 rings (SSSR count). The Morgan fingerprint density at radius 3 is 2.60 bits per heavy atom. The summed E-state index contributed by atoms with van der Waals surface area (Å²) < 4.78 is 18.2. The molecule has 1 amide bonds. The number of nitrogens with one attached hydrogen (secondary N) is 2. The van der Waals surface area contributed by atoms with Gasteiger partial charge in [-0.1, -0.05) is 12.1 Å². The normalized spacial score (nSPS) is 11.2. The Hall–Kier alpha value is -2.83. The van der Waals surface area contributed by atoms with E-state index < -0.39 is 0 Å². The van der Waals surface area contributed by atoms with Gasteiger partial charge < -0.3 is 20.0 Å². The van der Waals surface area contributed by atoms with Gasteiger partial charge in [0.05, 0.1) is 19.4 Å². The maximum absolute atomic E-state index is 13.0. The number of carbonyl (C=O) groups is 1. The number of benzene rings is 1. The number of halogens is 1. The van der Waals surface area contributed by atoms with Gasteiger partial charge in [-0.25, -0.2) is 9.38 Å². The van der Waals surface area contributed by atoms with Crippen LogP contribution in [0.25, 0.3) is 0 Å². The fourth-order valence-corrected chi connectivity index (χ4v) is 2.01. The van der Waals surface area contributed by atoms with Gasteiger partial charge in [0.1, 0.15) is 11.6 Å². The molecule has 0 atom stereocenters. The average molecular weight is 346 g/mol. The minimum atomic E-state index is -0.278. The van der Waals surface area contributed by atoms with Gasteiger partial charge in [-0.15, -0.1) is 0 Å². The molecule has 0 fully saturated rings. The first-order valence-electron chi connectivity index (χ1n) is 8.04. The van der Waals surface area contributed by atoms with E-state index in [1.165, 1.54) is 17.0 Å². The average Bonchev–Trinajstić information content (AvgIpc) is 3.11. The number of aliphatic imine (C=N–C) groups is 1. The van der Waals surface area contributed by atoms with Crippen LogP contribution < -0.4 is 10.6 Å². The van der Waals surface area contributed by atoms with E-state index >= 15 is 0 Å². The van der Waals surface area contributed by atoms with E-state index in [4.69, 9.17) is 4.42 Å². The van der Waals surface area contributed by atoms with E-state index in [0.29, 0.717) is 25.5 Å². The Morgan fingerprint density at radius 2 is 1.96 bits per heavy atom. The first-order valence-corrected chi connectivity index (χ1v) is 8.04. The van der Waals surface area contributed by atoms with Crippen LogP contribution in [0.2, 0.25) is 0 Å². The summed E-state index contributed by atoms with van der Waals surface area (Å²) in [5.41, 5.74) is 0.882. The fraction of sp³-hybridized carbons (Fsp3) is 0.333. The van der Waals surface area contributed by atoms with E-state index in [0.717, 1.165) is 11.3 Å². The Labute approximate surface area is 146 Å². The topological polar surface area (TPSA) is 69.9 Å². The summed E-state index contributed by atoms with van der Waals surface area (Å²) >= 11 is 0. The van der Waals surface area contributed by atoms with Crippen molar-refractivity contribution in [1.82, 2.24) is 15.5 Å². The van der Waals surface area contributed by atoms with E-state index in [2.05, 4.69) is 15.6 Å². The number of carbonyl (C=O) groups excluding carboxylic acids is 1. The number of rotatable bonds is 7. The van der Waals surface area contributed by atoms with Crippen molar-refractivity contribution in [1.29, 1.82) is 0 Å². The van der Waals surface area contributed by atoms with E-state index in [1.54, 1.807) is 32.5 Å². The summed E-state index contributed by atoms with van der Waals surface area (Å²) in [5, 5.41) is 6.17. The summed E-state index contributed by atoms with van der Waals surface area (Å²) in [6.07, 6.45) is 2.33. The maximum Gasteiger partial charge on any atom is 0.241 e. The van der Waals surface area contributed by atoms with Crippen LogP contribution in [0.15, 0.2) is 52.1 Å². The number of nitrogens with zero attached hydrogens (tertiary/aromatic N) is 2. The highest BCUT2D eigenvalue weighted by Crippen LogP contribution is 2.04. The molecule has 0 spiro atoms. The van der Waals surface area contributed by atoms with Crippen LogP contribution >= 0.6 is 0 Å². The maximum atomic E-state index is 13.0. The number of guanidine groups is 1. The molecule has 0 aliphatic heterocycles. The van der Waals surface area contributed by atoms with E-state index in [1.807, 2.05) is 12.1 Å². The quantitative estimate of drug-likeness (QED) is 0.592. The van der Waals surface area contributed by atoms with Crippen molar-refractivity contribution in [3.63, 3.8) is 0 Å². The third-order valence-electron chi connectivity index (χ3n) is 3.48. The molecule has 1 aromatic carbocycles. The van der Waals surface area contributed by atoms with Crippen LogP contribution in [0.4, 0.5) is 4.39 Å². The Balaban J connectivity index is 1.92. The first-order chi connectivity index (χ1) is 12.0. The molecule has 0 bridgehead atoms. The van der Waals surface area contributed by atoms with Crippen LogP contribution in [0, 0.1) is 5.82 Å². The molecule has 0 aliphatic rings. The monoisotopic (exact) mass is 346 g/mol. The fourth-order valence-electron chi connectivity index (χ4n) is 2.01. The summed E-state index contributed by atoms with van der Waals surface area (Å²) in [5.74, 6) is 1.06. The molecular formula is C18H23FN4O2. The van der Waals surface area contributed by atoms with Crippen molar-refractivity contribution in [2.24, 2.45) is 4.99 Å². The lowest BCUT2D eigenvalue weighted by Crippen LogP contribution is -2.43. The van der Waals surface area contributed by atoms with Crippen LogP contribution in [-0.4, -0.2) is 44.0 Å².